The SMILES string of the molecule is CC(C)c1ccccc1C(=O)N(C)C1CCS(=O)(=O)C1. The molecule has 0 aromatic heterocycles. The van der Waals surface area contributed by atoms with E-state index in [4.69, 9.17) is 0 Å². The maximum atomic E-state index is 12.6. The van der Waals surface area contributed by atoms with E-state index in [0.717, 1.165) is 5.56 Å². The molecule has 2 rings (SSSR count). The van der Waals surface area contributed by atoms with Gasteiger partial charge in [0.1, 0.15) is 0 Å². The van der Waals surface area contributed by atoms with Crippen molar-refractivity contribution in [2.75, 3.05) is 18.6 Å². The minimum atomic E-state index is -2.98. The van der Waals surface area contributed by atoms with Crippen LogP contribution in [-0.2, 0) is 9.84 Å². The van der Waals surface area contributed by atoms with E-state index in [2.05, 4.69) is 0 Å². The van der Waals surface area contributed by atoms with Gasteiger partial charge in [-0.15, -0.1) is 0 Å². The number of carbonyl (C=O) groups is 1. The van der Waals surface area contributed by atoms with Crippen LogP contribution >= 0.6 is 0 Å². The van der Waals surface area contributed by atoms with Crippen molar-refractivity contribution in [1.29, 1.82) is 0 Å². The molecular formula is C15H21NO3S. The van der Waals surface area contributed by atoms with Crippen LogP contribution in [0.15, 0.2) is 24.3 Å². The van der Waals surface area contributed by atoms with Crippen molar-refractivity contribution in [2.45, 2.75) is 32.2 Å². The minimum absolute atomic E-state index is 0.0824. The average molecular weight is 295 g/mol. The van der Waals surface area contributed by atoms with Gasteiger partial charge in [-0.2, -0.15) is 0 Å². The van der Waals surface area contributed by atoms with Gasteiger partial charge in [0.05, 0.1) is 11.5 Å². The van der Waals surface area contributed by atoms with Gasteiger partial charge < -0.3 is 4.90 Å². The maximum Gasteiger partial charge on any atom is 0.254 e. The molecular weight excluding hydrogens is 274 g/mol. The average Bonchev–Trinajstić information content (AvgIpc) is 2.77. The van der Waals surface area contributed by atoms with E-state index in [9.17, 15) is 13.2 Å². The highest BCUT2D eigenvalue weighted by molar-refractivity contribution is 7.91. The molecule has 1 unspecified atom stereocenters. The fraction of sp³-hybridized carbons (Fsp3) is 0.533. The van der Waals surface area contributed by atoms with Crippen LogP contribution in [0.25, 0.3) is 0 Å². The predicted molar refractivity (Wildman–Crippen MR) is 79.7 cm³/mol. The Kier molecular flexibility index (Phi) is 4.18. The molecule has 0 bridgehead atoms. The van der Waals surface area contributed by atoms with Crippen molar-refractivity contribution in [1.82, 2.24) is 4.90 Å². The lowest BCUT2D eigenvalue weighted by molar-refractivity contribution is 0.0746. The van der Waals surface area contributed by atoms with Gasteiger partial charge in [0, 0.05) is 18.7 Å². The van der Waals surface area contributed by atoms with Gasteiger partial charge in [0.15, 0.2) is 9.84 Å². The molecule has 1 aromatic carbocycles. The molecule has 1 aromatic rings. The summed E-state index contributed by atoms with van der Waals surface area (Å²) in [5, 5.41) is 0. The molecule has 1 atom stereocenters. The zero-order valence-electron chi connectivity index (χ0n) is 12.2. The number of benzene rings is 1. The van der Waals surface area contributed by atoms with E-state index < -0.39 is 9.84 Å². The smallest absolute Gasteiger partial charge is 0.254 e. The number of nitrogens with zero attached hydrogens (tertiary/aromatic N) is 1. The Bertz CT molecular complexity index is 607. The molecule has 5 heteroatoms. The maximum absolute atomic E-state index is 12.6. The molecule has 1 fully saturated rings. The first-order valence-electron chi connectivity index (χ1n) is 6.88. The molecule has 4 nitrogen and oxygen atoms in total. The summed E-state index contributed by atoms with van der Waals surface area (Å²) >= 11 is 0. The second-order valence-electron chi connectivity index (χ2n) is 5.71. The summed E-state index contributed by atoms with van der Waals surface area (Å²) in [6, 6.07) is 7.34. The zero-order valence-corrected chi connectivity index (χ0v) is 13.0. The lowest BCUT2D eigenvalue weighted by Gasteiger charge is -2.25. The summed E-state index contributed by atoms with van der Waals surface area (Å²) in [6.07, 6.45) is 0.536. The van der Waals surface area contributed by atoms with Crippen LogP contribution in [-0.4, -0.2) is 43.8 Å². The van der Waals surface area contributed by atoms with Crippen molar-refractivity contribution in [3.05, 3.63) is 35.4 Å². The molecule has 0 aliphatic carbocycles. The van der Waals surface area contributed by atoms with Gasteiger partial charge in [-0.1, -0.05) is 32.0 Å². The summed E-state index contributed by atoms with van der Waals surface area (Å²) in [7, 11) is -1.28. The van der Waals surface area contributed by atoms with Gasteiger partial charge in [-0.25, -0.2) is 8.42 Å². The van der Waals surface area contributed by atoms with Crippen molar-refractivity contribution < 1.29 is 13.2 Å². The molecule has 1 aliphatic rings. The Balaban J connectivity index is 2.24. The first-order valence-corrected chi connectivity index (χ1v) is 8.70. The highest BCUT2D eigenvalue weighted by Gasteiger charge is 2.33. The van der Waals surface area contributed by atoms with Crippen LogP contribution in [0.2, 0.25) is 0 Å². The second kappa shape index (κ2) is 5.56. The fourth-order valence-electron chi connectivity index (χ4n) is 2.63. The standard InChI is InChI=1S/C15H21NO3S/c1-11(2)13-6-4-5-7-14(13)15(17)16(3)12-8-9-20(18,19)10-12/h4-7,11-12H,8-10H2,1-3H3. The second-order valence-corrected chi connectivity index (χ2v) is 7.94. The molecule has 0 radical (unpaired) electrons. The van der Waals surface area contributed by atoms with E-state index in [-0.39, 0.29) is 29.4 Å². The van der Waals surface area contributed by atoms with Crippen LogP contribution in [0.3, 0.4) is 0 Å². The Labute approximate surface area is 120 Å². The van der Waals surface area contributed by atoms with Crippen molar-refractivity contribution >= 4 is 15.7 Å². The van der Waals surface area contributed by atoms with Gasteiger partial charge in [0.2, 0.25) is 0 Å². The molecule has 20 heavy (non-hydrogen) atoms. The molecule has 1 saturated heterocycles. The number of amides is 1. The Hall–Kier alpha value is -1.36. The number of hydrogen-bond acceptors (Lipinski definition) is 3. The number of sulfone groups is 1. The van der Waals surface area contributed by atoms with Gasteiger partial charge >= 0.3 is 0 Å². The van der Waals surface area contributed by atoms with Crippen molar-refractivity contribution in [3.8, 4) is 0 Å². The highest BCUT2D eigenvalue weighted by Crippen LogP contribution is 2.23. The summed E-state index contributed by atoms with van der Waals surface area (Å²) < 4.78 is 23.1. The van der Waals surface area contributed by atoms with E-state index >= 15 is 0 Å². The van der Waals surface area contributed by atoms with Gasteiger partial charge in [-0.3, -0.25) is 4.79 Å². The van der Waals surface area contributed by atoms with Gasteiger partial charge in [0.25, 0.3) is 5.91 Å². The lowest BCUT2D eigenvalue weighted by atomic mass is 9.96. The first kappa shape index (κ1) is 15.0. The highest BCUT2D eigenvalue weighted by atomic mass is 32.2. The molecule has 0 saturated carbocycles. The number of rotatable bonds is 3. The van der Waals surface area contributed by atoms with Crippen LogP contribution in [0.5, 0.6) is 0 Å². The van der Waals surface area contributed by atoms with Gasteiger partial charge in [-0.05, 0) is 24.0 Å². The normalized spacial score (nSPS) is 21.1. The molecule has 1 amide bonds. The molecule has 0 N–H and O–H groups in total. The van der Waals surface area contributed by atoms with E-state index in [0.29, 0.717) is 12.0 Å². The minimum Gasteiger partial charge on any atom is -0.338 e. The van der Waals surface area contributed by atoms with Crippen molar-refractivity contribution in [2.24, 2.45) is 0 Å². The monoisotopic (exact) mass is 295 g/mol. The predicted octanol–water partition coefficient (Wildman–Crippen LogP) is 2.07. The van der Waals surface area contributed by atoms with Crippen LogP contribution in [0.4, 0.5) is 0 Å². The van der Waals surface area contributed by atoms with Crippen LogP contribution in [0, 0.1) is 0 Å². The molecule has 110 valence electrons. The molecule has 1 aliphatic heterocycles. The van der Waals surface area contributed by atoms with E-state index in [1.165, 1.54) is 0 Å². The summed E-state index contributed by atoms with van der Waals surface area (Å²) in [5.41, 5.74) is 1.68. The fourth-order valence-corrected chi connectivity index (χ4v) is 4.41. The Morgan fingerprint density at radius 1 is 1.30 bits per heavy atom. The topological polar surface area (TPSA) is 54.5 Å². The Morgan fingerprint density at radius 3 is 2.50 bits per heavy atom. The first-order chi connectivity index (χ1) is 9.32. The molecule has 1 heterocycles. The van der Waals surface area contributed by atoms with Crippen LogP contribution in [0.1, 0.15) is 42.1 Å². The quantitative estimate of drug-likeness (QED) is 0.858. The third-order valence-corrected chi connectivity index (χ3v) is 5.64. The summed E-state index contributed by atoms with van der Waals surface area (Å²) in [6.45, 7) is 4.10. The third-order valence-electron chi connectivity index (χ3n) is 3.89. The summed E-state index contributed by atoms with van der Waals surface area (Å²) in [5.74, 6) is 0.437. The largest absolute Gasteiger partial charge is 0.338 e. The number of carbonyl (C=O) groups excluding carboxylic acids is 1. The van der Waals surface area contributed by atoms with E-state index in [1.807, 2.05) is 38.1 Å². The molecule has 0 spiro atoms. The Morgan fingerprint density at radius 2 is 1.95 bits per heavy atom. The number of hydrogen-bond donors (Lipinski definition) is 0. The van der Waals surface area contributed by atoms with Crippen molar-refractivity contribution in [3.63, 3.8) is 0 Å². The lowest BCUT2D eigenvalue weighted by Crippen LogP contribution is -2.38. The zero-order chi connectivity index (χ0) is 14.9. The van der Waals surface area contributed by atoms with E-state index in [1.54, 1.807) is 11.9 Å². The third kappa shape index (κ3) is 3.03. The summed E-state index contributed by atoms with van der Waals surface area (Å²) in [4.78, 5) is 14.2. The van der Waals surface area contributed by atoms with Crippen LogP contribution < -0.4 is 0 Å².